The molecule has 0 rings (SSSR count). The smallest absolute Gasteiger partial charge is 0.220 e. The fraction of sp³-hybridized carbons (Fsp3) is 0.917. The molecule has 0 fully saturated rings. The fourth-order valence-electron chi connectivity index (χ4n) is 1.31. The maximum atomic E-state index is 11.6. The van der Waals surface area contributed by atoms with Gasteiger partial charge < -0.3 is 14.8 Å². The molecule has 0 aromatic rings. The van der Waals surface area contributed by atoms with Gasteiger partial charge in [-0.2, -0.15) is 0 Å². The Hall–Kier alpha value is -0.610. The summed E-state index contributed by atoms with van der Waals surface area (Å²) in [4.78, 5) is 11.6. The fourth-order valence-corrected chi connectivity index (χ4v) is 1.31. The van der Waals surface area contributed by atoms with Gasteiger partial charge in [0.1, 0.15) is 0 Å². The number of hydrogen-bond acceptors (Lipinski definition) is 3. The lowest BCUT2D eigenvalue weighted by Crippen LogP contribution is -2.44. The van der Waals surface area contributed by atoms with Gasteiger partial charge in [-0.15, -0.1) is 0 Å². The first-order chi connectivity index (χ1) is 7.41. The van der Waals surface area contributed by atoms with Crippen molar-refractivity contribution >= 4 is 5.91 Å². The molecule has 16 heavy (non-hydrogen) atoms. The second kappa shape index (κ2) is 7.63. The summed E-state index contributed by atoms with van der Waals surface area (Å²) in [6.45, 7) is 6.62. The third-order valence-electron chi connectivity index (χ3n) is 2.59. The lowest BCUT2D eigenvalue weighted by atomic mass is 10.0. The SMILES string of the molecule is COCCC(C)(C)NC(=O)CC[C@@H](C)OC. The van der Waals surface area contributed by atoms with Crippen molar-refractivity contribution in [1.82, 2.24) is 5.32 Å². The van der Waals surface area contributed by atoms with Crippen LogP contribution in [0.1, 0.15) is 40.0 Å². The van der Waals surface area contributed by atoms with Crippen molar-refractivity contribution in [3.8, 4) is 0 Å². The molecule has 0 saturated heterocycles. The Kier molecular flexibility index (Phi) is 7.34. The van der Waals surface area contributed by atoms with Gasteiger partial charge in [-0.25, -0.2) is 0 Å². The van der Waals surface area contributed by atoms with E-state index in [0.29, 0.717) is 13.0 Å². The van der Waals surface area contributed by atoms with Crippen molar-refractivity contribution in [3.05, 3.63) is 0 Å². The average Bonchev–Trinajstić information content (AvgIpc) is 2.22. The molecule has 1 amide bonds. The van der Waals surface area contributed by atoms with Gasteiger partial charge in [0, 0.05) is 32.8 Å². The molecule has 4 nitrogen and oxygen atoms in total. The van der Waals surface area contributed by atoms with Crippen LogP contribution >= 0.6 is 0 Å². The van der Waals surface area contributed by atoms with Crippen molar-refractivity contribution in [2.75, 3.05) is 20.8 Å². The number of amides is 1. The summed E-state index contributed by atoms with van der Waals surface area (Å²) in [5.74, 6) is 0.0741. The molecule has 0 bridgehead atoms. The molecule has 1 N–H and O–H groups in total. The van der Waals surface area contributed by atoms with E-state index in [0.717, 1.165) is 12.8 Å². The Morgan fingerprint density at radius 3 is 2.50 bits per heavy atom. The molecule has 1 atom stereocenters. The third-order valence-corrected chi connectivity index (χ3v) is 2.59. The number of nitrogens with one attached hydrogen (secondary N) is 1. The second-order valence-corrected chi connectivity index (χ2v) is 4.76. The number of carbonyl (C=O) groups is 1. The highest BCUT2D eigenvalue weighted by atomic mass is 16.5. The molecule has 0 unspecified atom stereocenters. The minimum atomic E-state index is -0.205. The van der Waals surface area contributed by atoms with Crippen molar-refractivity contribution in [3.63, 3.8) is 0 Å². The molecular formula is C12H25NO3. The van der Waals surface area contributed by atoms with Crippen LogP contribution < -0.4 is 5.32 Å². The van der Waals surface area contributed by atoms with E-state index in [9.17, 15) is 4.79 Å². The number of methoxy groups -OCH3 is 2. The van der Waals surface area contributed by atoms with Crippen LogP contribution in [0.4, 0.5) is 0 Å². The predicted octanol–water partition coefficient (Wildman–Crippen LogP) is 1.73. The van der Waals surface area contributed by atoms with Gasteiger partial charge in [-0.1, -0.05) is 0 Å². The largest absolute Gasteiger partial charge is 0.385 e. The Morgan fingerprint density at radius 2 is 2.00 bits per heavy atom. The number of carbonyl (C=O) groups excluding carboxylic acids is 1. The Balaban J connectivity index is 3.84. The van der Waals surface area contributed by atoms with E-state index in [2.05, 4.69) is 5.32 Å². The zero-order valence-electron chi connectivity index (χ0n) is 11.1. The zero-order valence-corrected chi connectivity index (χ0v) is 11.1. The van der Waals surface area contributed by atoms with Crippen molar-refractivity contribution in [2.24, 2.45) is 0 Å². The lowest BCUT2D eigenvalue weighted by molar-refractivity contribution is -0.123. The van der Waals surface area contributed by atoms with Gasteiger partial charge in [0.05, 0.1) is 6.10 Å². The van der Waals surface area contributed by atoms with Crippen LogP contribution in [0.15, 0.2) is 0 Å². The first-order valence-electron chi connectivity index (χ1n) is 5.74. The van der Waals surface area contributed by atoms with E-state index >= 15 is 0 Å². The summed E-state index contributed by atoms with van der Waals surface area (Å²) in [6.07, 6.45) is 2.20. The van der Waals surface area contributed by atoms with Gasteiger partial charge in [-0.3, -0.25) is 4.79 Å². The quantitative estimate of drug-likeness (QED) is 0.692. The predicted molar refractivity (Wildman–Crippen MR) is 64.4 cm³/mol. The highest BCUT2D eigenvalue weighted by molar-refractivity contribution is 5.76. The molecular weight excluding hydrogens is 206 g/mol. The summed E-state index contributed by atoms with van der Waals surface area (Å²) in [7, 11) is 3.32. The van der Waals surface area contributed by atoms with Crippen LogP contribution in [-0.4, -0.2) is 38.4 Å². The highest BCUT2D eigenvalue weighted by Crippen LogP contribution is 2.09. The monoisotopic (exact) mass is 231 g/mol. The van der Waals surface area contributed by atoms with Gasteiger partial charge in [0.15, 0.2) is 0 Å². The molecule has 0 aliphatic carbocycles. The van der Waals surface area contributed by atoms with Crippen molar-refractivity contribution < 1.29 is 14.3 Å². The van der Waals surface area contributed by atoms with Crippen LogP contribution in [0.3, 0.4) is 0 Å². The van der Waals surface area contributed by atoms with E-state index in [1.54, 1.807) is 14.2 Å². The minimum absolute atomic E-state index is 0.0741. The normalized spacial score (nSPS) is 13.6. The van der Waals surface area contributed by atoms with E-state index in [4.69, 9.17) is 9.47 Å². The van der Waals surface area contributed by atoms with Crippen LogP contribution in [0.25, 0.3) is 0 Å². The zero-order chi connectivity index (χ0) is 12.6. The van der Waals surface area contributed by atoms with Gasteiger partial charge in [-0.05, 0) is 33.6 Å². The van der Waals surface area contributed by atoms with Gasteiger partial charge in [0.25, 0.3) is 0 Å². The topological polar surface area (TPSA) is 47.6 Å². The summed E-state index contributed by atoms with van der Waals surface area (Å²) < 4.78 is 10.1. The molecule has 0 aromatic carbocycles. The van der Waals surface area contributed by atoms with E-state index in [1.807, 2.05) is 20.8 Å². The van der Waals surface area contributed by atoms with Crippen LogP contribution in [0.5, 0.6) is 0 Å². The Labute approximate surface area is 98.7 Å². The summed E-state index contributed by atoms with van der Waals surface area (Å²) in [6, 6.07) is 0. The van der Waals surface area contributed by atoms with Crippen molar-refractivity contribution in [1.29, 1.82) is 0 Å². The molecule has 0 aliphatic heterocycles. The average molecular weight is 231 g/mol. The number of hydrogen-bond donors (Lipinski definition) is 1. The van der Waals surface area contributed by atoms with E-state index in [1.165, 1.54) is 0 Å². The standard InChI is InChI=1S/C12H25NO3/c1-10(16-5)6-7-11(14)13-12(2,3)8-9-15-4/h10H,6-9H2,1-5H3,(H,13,14)/t10-/m1/s1. The first kappa shape index (κ1) is 15.4. The molecule has 4 heteroatoms. The summed E-state index contributed by atoms with van der Waals surface area (Å²) >= 11 is 0. The maximum absolute atomic E-state index is 11.6. The summed E-state index contributed by atoms with van der Waals surface area (Å²) in [5, 5.41) is 3.00. The third kappa shape index (κ3) is 7.65. The van der Waals surface area contributed by atoms with E-state index < -0.39 is 0 Å². The van der Waals surface area contributed by atoms with E-state index in [-0.39, 0.29) is 17.6 Å². The molecule has 0 saturated carbocycles. The van der Waals surface area contributed by atoms with Crippen molar-refractivity contribution in [2.45, 2.75) is 51.7 Å². The molecule has 0 radical (unpaired) electrons. The molecule has 96 valence electrons. The molecule has 0 heterocycles. The maximum Gasteiger partial charge on any atom is 0.220 e. The molecule has 0 spiro atoms. The summed E-state index contributed by atoms with van der Waals surface area (Å²) in [5.41, 5.74) is -0.205. The second-order valence-electron chi connectivity index (χ2n) is 4.76. The molecule has 0 aliphatic rings. The number of rotatable bonds is 8. The van der Waals surface area contributed by atoms with Crippen LogP contribution in [0.2, 0.25) is 0 Å². The van der Waals surface area contributed by atoms with Crippen LogP contribution in [0, 0.1) is 0 Å². The minimum Gasteiger partial charge on any atom is -0.385 e. The first-order valence-corrected chi connectivity index (χ1v) is 5.74. The lowest BCUT2D eigenvalue weighted by Gasteiger charge is -2.26. The Bertz CT molecular complexity index is 204. The Morgan fingerprint density at radius 1 is 1.38 bits per heavy atom. The van der Waals surface area contributed by atoms with Gasteiger partial charge in [0.2, 0.25) is 5.91 Å². The van der Waals surface area contributed by atoms with Crippen LogP contribution in [-0.2, 0) is 14.3 Å². The van der Waals surface area contributed by atoms with Gasteiger partial charge >= 0.3 is 0 Å². The number of ether oxygens (including phenoxy) is 2. The molecule has 0 aromatic heterocycles. The highest BCUT2D eigenvalue weighted by Gasteiger charge is 2.19.